The summed E-state index contributed by atoms with van der Waals surface area (Å²) in [6.45, 7) is 1.96. The molecule has 1 heterocycles. The molecule has 16 heavy (non-hydrogen) atoms. The smallest absolute Gasteiger partial charge is 0.312 e. The molecule has 1 N–H and O–H groups in total. The second-order valence-electron chi connectivity index (χ2n) is 3.45. The minimum Gasteiger partial charge on any atom is -0.481 e. The molecule has 1 aromatic carbocycles. The van der Waals surface area contributed by atoms with Crippen molar-refractivity contribution in [3.8, 4) is 11.4 Å². The van der Waals surface area contributed by atoms with E-state index in [2.05, 4.69) is 10.1 Å². The Hall–Kier alpha value is -2.17. The average molecular weight is 218 g/mol. The molecule has 5 heteroatoms. The Bertz CT molecular complexity index is 519. The van der Waals surface area contributed by atoms with Gasteiger partial charge in [-0.2, -0.15) is 4.98 Å². The monoisotopic (exact) mass is 218 g/mol. The number of benzene rings is 1. The van der Waals surface area contributed by atoms with Crippen LogP contribution in [0.5, 0.6) is 0 Å². The normalized spacial score (nSPS) is 10.3. The lowest BCUT2D eigenvalue weighted by Crippen LogP contribution is -1.99. The van der Waals surface area contributed by atoms with Gasteiger partial charge in [-0.05, 0) is 13.0 Å². The summed E-state index contributed by atoms with van der Waals surface area (Å²) < 4.78 is 4.83. The SMILES string of the molecule is Cc1cccc(-c2noc(CC(=O)O)n2)c1. The number of nitrogens with zero attached hydrogens (tertiary/aromatic N) is 2. The third-order valence-corrected chi connectivity index (χ3v) is 2.05. The van der Waals surface area contributed by atoms with Gasteiger partial charge in [-0.1, -0.05) is 28.9 Å². The number of hydrogen-bond donors (Lipinski definition) is 1. The first-order valence-electron chi connectivity index (χ1n) is 4.76. The number of rotatable bonds is 3. The molecule has 0 unspecified atom stereocenters. The van der Waals surface area contributed by atoms with Crippen molar-refractivity contribution in [1.29, 1.82) is 0 Å². The second kappa shape index (κ2) is 4.14. The first kappa shape index (κ1) is 10.4. The van der Waals surface area contributed by atoms with Crippen LogP contribution in [-0.2, 0) is 11.2 Å². The first-order valence-corrected chi connectivity index (χ1v) is 4.76. The summed E-state index contributed by atoms with van der Waals surface area (Å²) in [4.78, 5) is 14.4. The highest BCUT2D eigenvalue weighted by Crippen LogP contribution is 2.16. The lowest BCUT2D eigenvalue weighted by atomic mass is 10.1. The third kappa shape index (κ3) is 2.25. The van der Waals surface area contributed by atoms with E-state index in [1.807, 2.05) is 31.2 Å². The van der Waals surface area contributed by atoms with Crippen LogP contribution in [0.2, 0.25) is 0 Å². The Labute approximate surface area is 91.7 Å². The molecule has 0 spiro atoms. The molecule has 0 fully saturated rings. The predicted molar refractivity (Wildman–Crippen MR) is 55.8 cm³/mol. The Morgan fingerprint density at radius 3 is 3.00 bits per heavy atom. The maximum atomic E-state index is 10.4. The molecular weight excluding hydrogens is 208 g/mol. The van der Waals surface area contributed by atoms with E-state index in [4.69, 9.17) is 9.63 Å². The minimum absolute atomic E-state index is 0.115. The molecule has 1 aromatic heterocycles. The molecule has 0 bridgehead atoms. The minimum atomic E-state index is -0.987. The number of carboxylic acids is 1. The van der Waals surface area contributed by atoms with Crippen molar-refractivity contribution < 1.29 is 14.4 Å². The van der Waals surface area contributed by atoms with Gasteiger partial charge in [-0.15, -0.1) is 0 Å². The van der Waals surface area contributed by atoms with Crippen molar-refractivity contribution in [3.63, 3.8) is 0 Å². The van der Waals surface area contributed by atoms with Crippen LogP contribution in [-0.4, -0.2) is 21.2 Å². The molecule has 5 nitrogen and oxygen atoms in total. The van der Waals surface area contributed by atoms with Crippen LogP contribution in [0.4, 0.5) is 0 Å². The highest BCUT2D eigenvalue weighted by molar-refractivity contribution is 5.69. The van der Waals surface area contributed by atoms with Crippen molar-refractivity contribution in [2.45, 2.75) is 13.3 Å². The lowest BCUT2D eigenvalue weighted by molar-refractivity contribution is -0.136. The van der Waals surface area contributed by atoms with Crippen molar-refractivity contribution >= 4 is 5.97 Å². The number of aliphatic carboxylic acids is 1. The van der Waals surface area contributed by atoms with Gasteiger partial charge < -0.3 is 9.63 Å². The van der Waals surface area contributed by atoms with E-state index in [1.54, 1.807) is 0 Å². The Balaban J connectivity index is 2.28. The highest BCUT2D eigenvalue weighted by atomic mass is 16.5. The summed E-state index contributed by atoms with van der Waals surface area (Å²) in [6, 6.07) is 7.61. The molecule has 0 aliphatic heterocycles. The molecule has 0 aliphatic rings. The summed E-state index contributed by atoms with van der Waals surface area (Å²) >= 11 is 0. The zero-order chi connectivity index (χ0) is 11.5. The highest BCUT2D eigenvalue weighted by Gasteiger charge is 2.11. The summed E-state index contributed by atoms with van der Waals surface area (Å²) in [5.41, 5.74) is 1.91. The van der Waals surface area contributed by atoms with Gasteiger partial charge in [0.25, 0.3) is 0 Å². The zero-order valence-corrected chi connectivity index (χ0v) is 8.67. The fourth-order valence-electron chi connectivity index (χ4n) is 1.36. The van der Waals surface area contributed by atoms with E-state index in [9.17, 15) is 4.79 Å². The van der Waals surface area contributed by atoms with E-state index in [0.717, 1.165) is 11.1 Å². The van der Waals surface area contributed by atoms with Crippen LogP contribution in [0.25, 0.3) is 11.4 Å². The molecular formula is C11H10N2O3. The standard InChI is InChI=1S/C11H10N2O3/c1-7-3-2-4-8(5-7)11-12-9(16-13-11)6-10(14)15/h2-5H,6H2,1H3,(H,14,15). The van der Waals surface area contributed by atoms with E-state index in [1.165, 1.54) is 0 Å². The molecule has 82 valence electrons. The molecule has 0 aliphatic carbocycles. The Morgan fingerprint density at radius 1 is 1.50 bits per heavy atom. The number of aromatic nitrogens is 2. The van der Waals surface area contributed by atoms with Crippen molar-refractivity contribution in [2.75, 3.05) is 0 Å². The summed E-state index contributed by atoms with van der Waals surface area (Å²) in [5.74, 6) is -0.455. The maximum absolute atomic E-state index is 10.4. The zero-order valence-electron chi connectivity index (χ0n) is 8.67. The second-order valence-corrected chi connectivity index (χ2v) is 3.45. The summed E-state index contributed by atoms with van der Waals surface area (Å²) in [7, 11) is 0. The quantitative estimate of drug-likeness (QED) is 0.847. The molecule has 0 saturated heterocycles. The van der Waals surface area contributed by atoms with Gasteiger partial charge in [0.05, 0.1) is 0 Å². The van der Waals surface area contributed by atoms with Gasteiger partial charge >= 0.3 is 5.97 Å². The summed E-state index contributed by atoms with van der Waals surface area (Å²) in [5, 5.41) is 12.3. The molecule has 0 amide bonds. The van der Waals surface area contributed by atoms with E-state index in [-0.39, 0.29) is 12.3 Å². The van der Waals surface area contributed by atoms with Gasteiger partial charge in [0.15, 0.2) is 0 Å². The van der Waals surface area contributed by atoms with E-state index in [0.29, 0.717) is 5.82 Å². The van der Waals surface area contributed by atoms with Crippen LogP contribution in [0.3, 0.4) is 0 Å². The van der Waals surface area contributed by atoms with E-state index < -0.39 is 5.97 Å². The number of carboxylic acid groups (broad SMARTS) is 1. The number of carbonyl (C=O) groups is 1. The fraction of sp³-hybridized carbons (Fsp3) is 0.182. The molecule has 0 atom stereocenters. The summed E-state index contributed by atoms with van der Waals surface area (Å²) in [6.07, 6.45) is -0.251. The average Bonchev–Trinajstić information content (AvgIpc) is 2.65. The van der Waals surface area contributed by atoms with Crippen molar-refractivity contribution in [1.82, 2.24) is 10.1 Å². The van der Waals surface area contributed by atoms with Gasteiger partial charge in [0, 0.05) is 5.56 Å². The molecule has 0 radical (unpaired) electrons. The molecule has 2 rings (SSSR count). The third-order valence-electron chi connectivity index (χ3n) is 2.05. The van der Waals surface area contributed by atoms with Gasteiger partial charge in [-0.3, -0.25) is 4.79 Å². The van der Waals surface area contributed by atoms with Crippen LogP contribution in [0.1, 0.15) is 11.5 Å². The Morgan fingerprint density at radius 2 is 2.31 bits per heavy atom. The van der Waals surface area contributed by atoms with Crippen LogP contribution in [0.15, 0.2) is 28.8 Å². The van der Waals surface area contributed by atoms with Gasteiger partial charge in [-0.25, -0.2) is 0 Å². The first-order chi connectivity index (χ1) is 7.65. The number of aryl methyl sites for hydroxylation is 1. The van der Waals surface area contributed by atoms with Crippen LogP contribution in [0, 0.1) is 6.92 Å². The fourth-order valence-corrected chi connectivity index (χ4v) is 1.36. The largest absolute Gasteiger partial charge is 0.481 e. The Kier molecular flexibility index (Phi) is 2.68. The van der Waals surface area contributed by atoms with E-state index >= 15 is 0 Å². The van der Waals surface area contributed by atoms with Crippen LogP contribution < -0.4 is 0 Å². The topological polar surface area (TPSA) is 76.2 Å². The van der Waals surface area contributed by atoms with Crippen molar-refractivity contribution in [2.24, 2.45) is 0 Å². The lowest BCUT2D eigenvalue weighted by Gasteiger charge is -1.94. The molecule has 2 aromatic rings. The van der Waals surface area contributed by atoms with Gasteiger partial charge in [0.2, 0.25) is 11.7 Å². The maximum Gasteiger partial charge on any atom is 0.312 e. The van der Waals surface area contributed by atoms with Crippen LogP contribution >= 0.6 is 0 Å². The van der Waals surface area contributed by atoms with Crippen molar-refractivity contribution in [3.05, 3.63) is 35.7 Å². The number of hydrogen-bond acceptors (Lipinski definition) is 4. The molecule has 0 saturated carbocycles. The predicted octanol–water partition coefficient (Wildman–Crippen LogP) is 1.67. The van der Waals surface area contributed by atoms with Gasteiger partial charge in [0.1, 0.15) is 6.42 Å².